The first-order valence-electron chi connectivity index (χ1n) is 7.36. The quantitative estimate of drug-likeness (QED) is 0.910. The van der Waals surface area contributed by atoms with E-state index >= 15 is 0 Å². The number of thioether (sulfide) groups is 1. The Balaban J connectivity index is 1.52. The van der Waals surface area contributed by atoms with Crippen molar-refractivity contribution in [3.8, 4) is 0 Å². The van der Waals surface area contributed by atoms with E-state index in [4.69, 9.17) is 4.99 Å². The lowest BCUT2D eigenvalue weighted by Gasteiger charge is -2.32. The zero-order valence-electron chi connectivity index (χ0n) is 11.4. The van der Waals surface area contributed by atoms with Crippen LogP contribution < -0.4 is 5.32 Å². The molecule has 0 amide bonds. The molecule has 0 aromatic heterocycles. The molecule has 0 radical (unpaired) electrons. The number of benzene rings is 1. The Morgan fingerprint density at radius 2 is 1.89 bits per heavy atom. The van der Waals surface area contributed by atoms with Crippen LogP contribution in [0.25, 0.3) is 0 Å². The minimum atomic E-state index is 0.383. The standard InChI is InChI=1S/C16H22N2S/c1-3-7-14(8-4-1)9-12-17-15-18-16(13-19-15)10-5-2-6-11-16/h1,3-4,7-8H,2,5-6,9-13H2,(H,17,18). The van der Waals surface area contributed by atoms with Gasteiger partial charge in [-0.2, -0.15) is 0 Å². The van der Waals surface area contributed by atoms with E-state index < -0.39 is 0 Å². The van der Waals surface area contributed by atoms with Crippen molar-refractivity contribution in [2.24, 2.45) is 4.99 Å². The van der Waals surface area contributed by atoms with Crippen LogP contribution in [0, 0.1) is 0 Å². The summed E-state index contributed by atoms with van der Waals surface area (Å²) in [7, 11) is 0. The Bertz CT molecular complexity index is 435. The molecule has 0 bridgehead atoms. The van der Waals surface area contributed by atoms with Gasteiger partial charge in [0.15, 0.2) is 5.17 Å². The molecule has 1 aliphatic heterocycles. The maximum absolute atomic E-state index is 4.74. The van der Waals surface area contributed by atoms with Crippen LogP contribution in [0.15, 0.2) is 35.3 Å². The highest BCUT2D eigenvalue weighted by Crippen LogP contribution is 2.36. The predicted molar refractivity (Wildman–Crippen MR) is 83.9 cm³/mol. The fourth-order valence-corrected chi connectivity index (χ4v) is 4.26. The normalized spacial score (nSPS) is 23.7. The third kappa shape index (κ3) is 3.33. The van der Waals surface area contributed by atoms with Crippen molar-refractivity contribution in [1.82, 2.24) is 5.32 Å². The molecule has 1 aliphatic carbocycles. The molecule has 2 aliphatic rings. The summed E-state index contributed by atoms with van der Waals surface area (Å²) >= 11 is 1.92. The van der Waals surface area contributed by atoms with E-state index in [1.54, 1.807) is 0 Å². The van der Waals surface area contributed by atoms with E-state index in [1.807, 2.05) is 11.8 Å². The molecule has 3 heteroatoms. The number of amidine groups is 1. The summed E-state index contributed by atoms with van der Waals surface area (Å²) in [4.78, 5) is 4.74. The molecule has 1 N–H and O–H groups in total. The van der Waals surface area contributed by atoms with Crippen LogP contribution in [0.4, 0.5) is 0 Å². The number of rotatable bonds is 3. The van der Waals surface area contributed by atoms with Gasteiger partial charge in [0, 0.05) is 17.8 Å². The van der Waals surface area contributed by atoms with Crippen LogP contribution in [0.2, 0.25) is 0 Å². The van der Waals surface area contributed by atoms with Gasteiger partial charge in [0.2, 0.25) is 0 Å². The molecular weight excluding hydrogens is 252 g/mol. The Kier molecular flexibility index (Phi) is 4.12. The van der Waals surface area contributed by atoms with Crippen LogP contribution in [-0.4, -0.2) is 23.0 Å². The zero-order chi connectivity index (χ0) is 13.0. The number of nitrogens with one attached hydrogen (secondary N) is 1. The molecule has 1 heterocycles. The highest BCUT2D eigenvalue weighted by atomic mass is 32.2. The summed E-state index contributed by atoms with van der Waals surface area (Å²) in [6.45, 7) is 0.898. The Hall–Kier alpha value is -0.960. The second-order valence-corrected chi connectivity index (χ2v) is 6.64. The molecule has 0 atom stereocenters. The Morgan fingerprint density at radius 3 is 2.68 bits per heavy atom. The van der Waals surface area contributed by atoms with Gasteiger partial charge in [0.1, 0.15) is 0 Å². The molecule has 1 saturated carbocycles. The molecule has 0 unspecified atom stereocenters. The predicted octanol–water partition coefficient (Wildman–Crippen LogP) is 3.62. The molecular formula is C16H22N2S. The SMILES string of the molecule is c1ccc(CCN=C2NC3(CCCCC3)CS2)cc1. The fourth-order valence-electron chi connectivity index (χ4n) is 3.02. The minimum Gasteiger partial charge on any atom is -0.359 e. The van der Waals surface area contributed by atoms with Crippen molar-refractivity contribution in [2.75, 3.05) is 12.3 Å². The lowest BCUT2D eigenvalue weighted by Crippen LogP contribution is -2.45. The van der Waals surface area contributed by atoms with Gasteiger partial charge in [-0.15, -0.1) is 0 Å². The summed E-state index contributed by atoms with van der Waals surface area (Å²) in [6.07, 6.45) is 7.87. The van der Waals surface area contributed by atoms with E-state index in [-0.39, 0.29) is 0 Å². The molecule has 1 aromatic rings. The van der Waals surface area contributed by atoms with Crippen molar-refractivity contribution >= 4 is 16.9 Å². The topological polar surface area (TPSA) is 24.4 Å². The highest BCUT2D eigenvalue weighted by Gasteiger charge is 2.37. The van der Waals surface area contributed by atoms with Crippen LogP contribution in [0.3, 0.4) is 0 Å². The lowest BCUT2D eigenvalue weighted by molar-refractivity contribution is 0.303. The van der Waals surface area contributed by atoms with Gasteiger partial charge in [-0.05, 0) is 24.8 Å². The number of aliphatic imine (C=N–C) groups is 1. The first kappa shape index (κ1) is 13.0. The maximum atomic E-state index is 4.74. The van der Waals surface area contributed by atoms with Gasteiger partial charge in [-0.1, -0.05) is 61.4 Å². The van der Waals surface area contributed by atoms with Gasteiger partial charge in [-0.3, -0.25) is 4.99 Å². The van der Waals surface area contributed by atoms with Crippen LogP contribution in [-0.2, 0) is 6.42 Å². The van der Waals surface area contributed by atoms with Crippen LogP contribution >= 0.6 is 11.8 Å². The zero-order valence-corrected chi connectivity index (χ0v) is 12.2. The van der Waals surface area contributed by atoms with Crippen LogP contribution in [0.1, 0.15) is 37.7 Å². The van der Waals surface area contributed by atoms with Crippen molar-refractivity contribution in [2.45, 2.75) is 44.1 Å². The van der Waals surface area contributed by atoms with Crippen molar-refractivity contribution < 1.29 is 0 Å². The first-order valence-corrected chi connectivity index (χ1v) is 8.34. The van der Waals surface area contributed by atoms with Crippen molar-refractivity contribution in [3.05, 3.63) is 35.9 Å². The largest absolute Gasteiger partial charge is 0.359 e. The monoisotopic (exact) mass is 274 g/mol. The van der Waals surface area contributed by atoms with E-state index in [2.05, 4.69) is 35.6 Å². The Labute approximate surface area is 120 Å². The second kappa shape index (κ2) is 6.00. The smallest absolute Gasteiger partial charge is 0.157 e. The van der Waals surface area contributed by atoms with Gasteiger partial charge in [0.05, 0.1) is 0 Å². The van der Waals surface area contributed by atoms with Crippen molar-refractivity contribution in [3.63, 3.8) is 0 Å². The average Bonchev–Trinajstić information content (AvgIpc) is 2.84. The summed E-state index contributed by atoms with van der Waals surface area (Å²) in [5.74, 6) is 1.22. The molecule has 2 nitrogen and oxygen atoms in total. The van der Waals surface area contributed by atoms with E-state index in [9.17, 15) is 0 Å². The molecule has 3 rings (SSSR count). The van der Waals surface area contributed by atoms with Crippen LogP contribution in [0.5, 0.6) is 0 Å². The van der Waals surface area contributed by atoms with Gasteiger partial charge < -0.3 is 5.32 Å². The highest BCUT2D eigenvalue weighted by molar-refractivity contribution is 8.14. The third-order valence-electron chi connectivity index (χ3n) is 4.17. The number of nitrogens with zero attached hydrogens (tertiary/aromatic N) is 1. The number of hydrogen-bond donors (Lipinski definition) is 1. The van der Waals surface area contributed by atoms with E-state index in [0.717, 1.165) is 13.0 Å². The second-order valence-electron chi connectivity index (χ2n) is 5.68. The van der Waals surface area contributed by atoms with Gasteiger partial charge in [0.25, 0.3) is 0 Å². The third-order valence-corrected chi connectivity index (χ3v) is 5.37. The summed E-state index contributed by atoms with van der Waals surface area (Å²) in [6, 6.07) is 10.6. The minimum absolute atomic E-state index is 0.383. The number of hydrogen-bond acceptors (Lipinski definition) is 2. The molecule has 102 valence electrons. The average molecular weight is 274 g/mol. The Morgan fingerprint density at radius 1 is 1.11 bits per heavy atom. The van der Waals surface area contributed by atoms with E-state index in [1.165, 1.54) is 48.6 Å². The summed E-state index contributed by atoms with van der Waals surface area (Å²) in [5, 5.41) is 4.88. The van der Waals surface area contributed by atoms with Gasteiger partial charge >= 0.3 is 0 Å². The van der Waals surface area contributed by atoms with E-state index in [0.29, 0.717) is 5.54 Å². The van der Waals surface area contributed by atoms with Gasteiger partial charge in [-0.25, -0.2) is 0 Å². The summed E-state index contributed by atoms with van der Waals surface area (Å²) < 4.78 is 0. The molecule has 19 heavy (non-hydrogen) atoms. The summed E-state index contributed by atoms with van der Waals surface area (Å²) in [5.41, 5.74) is 1.76. The first-order chi connectivity index (χ1) is 9.36. The molecule has 1 aromatic carbocycles. The molecule has 2 fully saturated rings. The van der Waals surface area contributed by atoms with Crippen molar-refractivity contribution in [1.29, 1.82) is 0 Å². The lowest BCUT2D eigenvalue weighted by atomic mass is 9.83. The fraction of sp³-hybridized carbons (Fsp3) is 0.562. The maximum Gasteiger partial charge on any atom is 0.157 e. The molecule has 1 saturated heterocycles. The molecule has 1 spiro atoms.